The van der Waals surface area contributed by atoms with Gasteiger partial charge in [0.2, 0.25) is 0 Å². The van der Waals surface area contributed by atoms with Gasteiger partial charge in [-0.1, -0.05) is 98.2 Å². The van der Waals surface area contributed by atoms with Crippen LogP contribution in [0.4, 0.5) is 0 Å². The van der Waals surface area contributed by atoms with Crippen molar-refractivity contribution in [2.75, 3.05) is 0 Å². The molecule has 5 aromatic rings. The summed E-state index contributed by atoms with van der Waals surface area (Å²) >= 11 is 0. The van der Waals surface area contributed by atoms with Crippen LogP contribution in [0.25, 0.3) is 50.2 Å². The summed E-state index contributed by atoms with van der Waals surface area (Å²) in [7, 11) is 0. The van der Waals surface area contributed by atoms with E-state index >= 15 is 0 Å². The van der Waals surface area contributed by atoms with Gasteiger partial charge in [-0.3, -0.25) is 0 Å². The van der Waals surface area contributed by atoms with Crippen LogP contribution in [0.1, 0.15) is 106 Å². The lowest BCUT2D eigenvalue weighted by molar-refractivity contribution is 0.387. The molecule has 1 saturated carbocycles. The predicted octanol–water partition coefficient (Wildman–Crippen LogP) is 11.9. The van der Waals surface area contributed by atoms with Crippen molar-refractivity contribution in [1.82, 2.24) is 9.13 Å². The molecule has 2 heterocycles. The quantitative estimate of drug-likeness (QED) is 0.201. The second-order valence-corrected chi connectivity index (χ2v) is 13.9. The highest BCUT2D eigenvalue weighted by Crippen LogP contribution is 2.47. The van der Waals surface area contributed by atoms with Crippen molar-refractivity contribution in [3.8, 4) is 0 Å². The van der Waals surface area contributed by atoms with Gasteiger partial charge < -0.3 is 9.13 Å². The van der Waals surface area contributed by atoms with Crippen molar-refractivity contribution in [3.05, 3.63) is 101 Å². The Morgan fingerprint density at radius 3 is 2.25 bits per heavy atom. The minimum atomic E-state index is 0.611. The molecule has 44 heavy (non-hydrogen) atoms. The monoisotopic (exact) mass is 576 g/mol. The zero-order valence-electron chi connectivity index (χ0n) is 26.0. The number of para-hydroxylation sites is 1. The number of hydrogen-bond donors (Lipinski definition) is 0. The molecule has 0 aliphatic heterocycles. The molecule has 222 valence electrons. The molecular weight excluding hydrogens is 532 g/mol. The van der Waals surface area contributed by atoms with Gasteiger partial charge in [0, 0.05) is 38.8 Å². The Balaban J connectivity index is 1.33. The lowest BCUT2D eigenvalue weighted by Gasteiger charge is -2.32. The zero-order valence-corrected chi connectivity index (χ0v) is 26.0. The topological polar surface area (TPSA) is 9.86 Å². The first-order valence-corrected chi connectivity index (χ1v) is 17.6. The molecule has 2 aromatic heterocycles. The summed E-state index contributed by atoms with van der Waals surface area (Å²) in [5.41, 5.74) is 13.8. The van der Waals surface area contributed by atoms with Crippen molar-refractivity contribution in [1.29, 1.82) is 0 Å². The third-order valence-electron chi connectivity index (χ3n) is 11.5. The van der Waals surface area contributed by atoms with E-state index < -0.39 is 0 Å². The fourth-order valence-corrected chi connectivity index (χ4v) is 9.45. The van der Waals surface area contributed by atoms with Gasteiger partial charge in [-0.05, 0) is 99.7 Å². The van der Waals surface area contributed by atoms with Crippen LogP contribution in [-0.4, -0.2) is 9.13 Å². The van der Waals surface area contributed by atoms with Crippen molar-refractivity contribution >= 4 is 50.2 Å². The first-order chi connectivity index (χ1) is 21.9. The van der Waals surface area contributed by atoms with E-state index in [9.17, 15) is 0 Å². The van der Waals surface area contributed by atoms with Crippen LogP contribution in [0.2, 0.25) is 0 Å². The van der Waals surface area contributed by atoms with E-state index in [1.807, 2.05) is 5.57 Å². The summed E-state index contributed by atoms with van der Waals surface area (Å²) in [6, 6.07) is 25.3. The molecule has 0 amide bonds. The highest BCUT2D eigenvalue weighted by Gasteiger charge is 2.30. The highest BCUT2D eigenvalue weighted by atomic mass is 15.1. The van der Waals surface area contributed by atoms with Gasteiger partial charge in [0.15, 0.2) is 0 Å². The number of aromatic nitrogens is 2. The Labute approximate surface area is 261 Å². The second kappa shape index (κ2) is 11.0. The van der Waals surface area contributed by atoms with Crippen LogP contribution in [0.3, 0.4) is 0 Å². The van der Waals surface area contributed by atoms with Gasteiger partial charge in [0.05, 0.1) is 16.6 Å². The van der Waals surface area contributed by atoms with Crippen LogP contribution >= 0.6 is 0 Å². The molecule has 0 bridgehead atoms. The van der Waals surface area contributed by atoms with Gasteiger partial charge >= 0.3 is 0 Å². The lowest BCUT2D eigenvalue weighted by atomic mass is 9.78. The molecule has 0 radical (unpaired) electrons. The minimum absolute atomic E-state index is 0.611. The van der Waals surface area contributed by atoms with Gasteiger partial charge in [-0.25, -0.2) is 0 Å². The fraction of sp³-hybridized carbons (Fsp3) is 0.381. The molecule has 0 spiro atoms. The summed E-state index contributed by atoms with van der Waals surface area (Å²) < 4.78 is 5.55. The maximum atomic E-state index is 2.85. The van der Waals surface area contributed by atoms with Crippen molar-refractivity contribution in [3.63, 3.8) is 0 Å². The van der Waals surface area contributed by atoms with Gasteiger partial charge in [-0.15, -0.1) is 0 Å². The number of benzene rings is 3. The molecule has 0 saturated heterocycles. The Bertz CT molecular complexity index is 1970. The van der Waals surface area contributed by atoms with E-state index in [4.69, 9.17) is 0 Å². The fourth-order valence-electron chi connectivity index (χ4n) is 9.45. The number of rotatable bonds is 4. The first kappa shape index (κ1) is 26.6. The molecule has 0 N–H and O–H groups in total. The third-order valence-corrected chi connectivity index (χ3v) is 11.5. The lowest BCUT2D eigenvalue weighted by Crippen LogP contribution is -2.17. The Morgan fingerprint density at radius 2 is 1.39 bits per heavy atom. The van der Waals surface area contributed by atoms with E-state index in [0.717, 1.165) is 31.6 Å². The number of hydrogen-bond acceptors (Lipinski definition) is 0. The van der Waals surface area contributed by atoms with Crippen molar-refractivity contribution in [2.24, 2.45) is 5.92 Å². The van der Waals surface area contributed by atoms with E-state index in [2.05, 4.69) is 94.1 Å². The van der Waals surface area contributed by atoms with Crippen LogP contribution in [-0.2, 0) is 6.42 Å². The van der Waals surface area contributed by atoms with E-state index in [-0.39, 0.29) is 0 Å². The molecule has 2 nitrogen and oxygen atoms in total. The summed E-state index contributed by atoms with van der Waals surface area (Å²) in [5.74, 6) is 1.40. The van der Waals surface area contributed by atoms with E-state index in [0.29, 0.717) is 5.92 Å². The molecule has 1 atom stereocenters. The summed E-state index contributed by atoms with van der Waals surface area (Å²) in [5, 5.41) is 4.25. The number of allylic oxidation sites excluding steroid dienone is 5. The van der Waals surface area contributed by atoms with E-state index in [1.165, 1.54) is 114 Å². The predicted molar refractivity (Wildman–Crippen MR) is 188 cm³/mol. The largest absolute Gasteiger partial charge is 0.315 e. The molecule has 2 heteroatoms. The maximum Gasteiger partial charge on any atom is 0.0786 e. The Kier molecular flexibility index (Phi) is 6.64. The number of fused-ring (bicyclic) bond motifs is 7. The van der Waals surface area contributed by atoms with Gasteiger partial charge in [0.25, 0.3) is 0 Å². The maximum absolute atomic E-state index is 2.85. The summed E-state index contributed by atoms with van der Waals surface area (Å²) in [6.45, 7) is 0. The molecule has 3 aromatic carbocycles. The first-order valence-electron chi connectivity index (χ1n) is 17.6. The molecule has 4 aliphatic rings. The number of nitrogens with zero attached hydrogens (tertiary/aromatic N) is 2. The average molecular weight is 577 g/mol. The average Bonchev–Trinajstić information content (AvgIpc) is 3.62. The normalized spacial score (nSPS) is 21.4. The van der Waals surface area contributed by atoms with Crippen molar-refractivity contribution in [2.45, 2.75) is 95.8 Å². The SMILES string of the molecule is C1=Cc2c(n(C3=C(C4CCCCC4)CCCC3)c3c2ccc2c4ccccc4n(C4=CCC(c5ccccc5)CC4)c23)CC1. The minimum Gasteiger partial charge on any atom is -0.315 e. The highest BCUT2D eigenvalue weighted by molar-refractivity contribution is 6.20. The van der Waals surface area contributed by atoms with Gasteiger partial charge in [0.1, 0.15) is 0 Å². The summed E-state index contributed by atoms with van der Waals surface area (Å²) in [6.07, 6.45) is 25.4. The van der Waals surface area contributed by atoms with Crippen LogP contribution in [0.15, 0.2) is 84.5 Å². The van der Waals surface area contributed by atoms with E-state index in [1.54, 1.807) is 11.4 Å². The van der Waals surface area contributed by atoms with Crippen molar-refractivity contribution < 1.29 is 0 Å². The summed E-state index contributed by atoms with van der Waals surface area (Å²) in [4.78, 5) is 0. The molecular formula is C42H44N2. The van der Waals surface area contributed by atoms with Crippen LogP contribution in [0, 0.1) is 5.92 Å². The smallest absolute Gasteiger partial charge is 0.0786 e. The Morgan fingerprint density at radius 1 is 0.591 bits per heavy atom. The van der Waals surface area contributed by atoms with Crippen LogP contribution < -0.4 is 0 Å². The molecule has 1 fully saturated rings. The third kappa shape index (κ3) is 4.20. The van der Waals surface area contributed by atoms with Gasteiger partial charge in [-0.2, -0.15) is 0 Å². The molecule has 4 aliphatic carbocycles. The second-order valence-electron chi connectivity index (χ2n) is 13.9. The van der Waals surface area contributed by atoms with Crippen LogP contribution in [0.5, 0.6) is 0 Å². The Hall–Kier alpha value is -3.78. The molecule has 9 rings (SSSR count). The molecule has 1 unspecified atom stereocenters. The zero-order chi connectivity index (χ0) is 29.0. The standard InChI is InChI=1S/C42H44N2/c1-3-13-29(14-4-1)30-23-25-32(26-24-30)43-39-21-11-8-18-34(39)36-27-28-37-35-19-9-12-22-40(35)44(42(37)41(36)43)38-20-10-7-17-33(38)31-15-5-2-6-16-31/h1,3-4,8-9,11,13-14,18-19,21,25,27-28,30-31H,2,5-7,10,12,15-17,20,22-24,26H2.